The molecule has 1 aliphatic rings. The minimum Gasteiger partial charge on any atom is -0.324 e. The molecule has 1 fully saturated rings. The summed E-state index contributed by atoms with van der Waals surface area (Å²) >= 11 is 0. The lowest BCUT2D eigenvalue weighted by molar-refractivity contribution is 0.270. The van der Waals surface area contributed by atoms with Crippen LogP contribution in [0.1, 0.15) is 5.56 Å². The van der Waals surface area contributed by atoms with E-state index in [0.717, 1.165) is 11.1 Å². The van der Waals surface area contributed by atoms with Gasteiger partial charge in [0.2, 0.25) is 5.95 Å². The summed E-state index contributed by atoms with van der Waals surface area (Å²) < 4.78 is 51.0. The van der Waals surface area contributed by atoms with Crippen LogP contribution in [-0.4, -0.2) is 58.1 Å². The number of fused-ring (bicyclic) bond motifs is 1. The second kappa shape index (κ2) is 8.67. The molecule has 5 rings (SSSR count). The van der Waals surface area contributed by atoms with Gasteiger partial charge in [0.15, 0.2) is 0 Å². The molecule has 1 aromatic carbocycles. The Balaban J connectivity index is 1.42. The van der Waals surface area contributed by atoms with E-state index in [1.54, 1.807) is 47.6 Å². The quantitative estimate of drug-likeness (QED) is 0.396. The number of hydrogen-bond acceptors (Lipinski definition) is 7. The lowest BCUT2D eigenvalue weighted by Gasteiger charge is -2.41. The summed E-state index contributed by atoms with van der Waals surface area (Å²) in [7, 11) is -2.56. The first kappa shape index (κ1) is 21.7. The number of pyridine rings is 1. The summed E-state index contributed by atoms with van der Waals surface area (Å²) in [6.45, 7) is 0.840. The first-order chi connectivity index (χ1) is 15.9. The zero-order valence-corrected chi connectivity index (χ0v) is 18.3. The second-order valence-electron chi connectivity index (χ2n) is 7.89. The zero-order valence-electron chi connectivity index (χ0n) is 17.5. The molecule has 4 heterocycles. The van der Waals surface area contributed by atoms with Crippen LogP contribution in [0.2, 0.25) is 0 Å². The predicted octanol–water partition coefficient (Wildman–Crippen LogP) is 4.40. The van der Waals surface area contributed by atoms with Crippen molar-refractivity contribution in [3.63, 3.8) is 0 Å². The monoisotopic (exact) mass is 472 g/mol. The fourth-order valence-electron chi connectivity index (χ4n) is 3.78. The molecule has 4 aromatic rings. The van der Waals surface area contributed by atoms with Gasteiger partial charge in [0.25, 0.3) is 0 Å². The van der Waals surface area contributed by atoms with Crippen LogP contribution < -0.4 is 5.32 Å². The highest BCUT2D eigenvalue weighted by atomic mass is 32.3. The van der Waals surface area contributed by atoms with E-state index in [1.165, 1.54) is 12.1 Å². The highest BCUT2D eigenvalue weighted by Crippen LogP contribution is 2.40. The largest absolute Gasteiger partial charge is 0.324 e. The van der Waals surface area contributed by atoms with Crippen molar-refractivity contribution in [2.45, 2.75) is 6.54 Å². The lowest BCUT2D eigenvalue weighted by atomic mass is 10.1. The Morgan fingerprint density at radius 3 is 2.42 bits per heavy atom. The Bertz CT molecular complexity index is 1270. The van der Waals surface area contributed by atoms with E-state index >= 15 is 0 Å². The molecule has 0 radical (unpaired) electrons. The van der Waals surface area contributed by atoms with Crippen LogP contribution in [-0.2, 0) is 6.54 Å². The molecule has 33 heavy (non-hydrogen) atoms. The van der Waals surface area contributed by atoms with E-state index in [0.29, 0.717) is 30.4 Å². The summed E-state index contributed by atoms with van der Waals surface area (Å²) in [5.41, 5.74) is 1.55. The predicted molar refractivity (Wildman–Crippen MR) is 124 cm³/mol. The Morgan fingerprint density at radius 1 is 1.03 bits per heavy atom. The normalized spacial score (nSPS) is 17.2. The van der Waals surface area contributed by atoms with Crippen LogP contribution in [0, 0.1) is 11.6 Å². The molecule has 8 nitrogen and oxygen atoms in total. The van der Waals surface area contributed by atoms with Gasteiger partial charge in [-0.05, 0) is 30.3 Å². The van der Waals surface area contributed by atoms with Crippen LogP contribution in [0.25, 0.3) is 16.7 Å². The third-order valence-electron chi connectivity index (χ3n) is 5.62. The fraction of sp³-hybridized carbons (Fsp3) is 0.227. The molecule has 0 saturated carbocycles. The molecule has 3 aromatic heterocycles. The smallest absolute Gasteiger partial charge is 0.229 e. The summed E-state index contributed by atoms with van der Waals surface area (Å²) in [4.78, 5) is 14.6. The molecular formula is C22H22F2N6O2S. The first-order valence-electron chi connectivity index (χ1n) is 10.3. The standard InChI is InChI=1S/C22H22F2N6O2S/c23-19-11-17(12-20(24)18(19)14-29-7-9-33(31,32)10-8-29)30-6-3-15-13-26-22(28-21(15)30)27-16-1-4-25-5-2-16/h1-6,11-13,31-32H,7-10,14H2,(H,25,26,27,28). The van der Waals surface area contributed by atoms with Crippen molar-refractivity contribution in [3.05, 3.63) is 72.3 Å². The number of hydrogen-bond donors (Lipinski definition) is 3. The van der Waals surface area contributed by atoms with Gasteiger partial charge in [0.05, 0.1) is 17.2 Å². The van der Waals surface area contributed by atoms with Crippen LogP contribution in [0.5, 0.6) is 0 Å². The number of benzene rings is 1. The van der Waals surface area contributed by atoms with E-state index in [2.05, 4.69) is 20.3 Å². The zero-order chi connectivity index (χ0) is 23.0. The van der Waals surface area contributed by atoms with Crippen molar-refractivity contribution in [2.75, 3.05) is 29.9 Å². The summed E-state index contributed by atoms with van der Waals surface area (Å²) in [5.74, 6) is -0.526. The molecule has 0 bridgehead atoms. The van der Waals surface area contributed by atoms with Crippen molar-refractivity contribution >= 4 is 33.3 Å². The average molecular weight is 473 g/mol. The van der Waals surface area contributed by atoms with Crippen molar-refractivity contribution in [1.29, 1.82) is 0 Å². The first-order valence-corrected chi connectivity index (χ1v) is 12.2. The van der Waals surface area contributed by atoms with E-state index in [-0.39, 0.29) is 23.6 Å². The van der Waals surface area contributed by atoms with Crippen molar-refractivity contribution in [3.8, 4) is 5.69 Å². The van der Waals surface area contributed by atoms with Gasteiger partial charge < -0.3 is 9.88 Å². The third-order valence-corrected chi connectivity index (χ3v) is 7.29. The molecule has 11 heteroatoms. The molecule has 0 spiro atoms. The van der Waals surface area contributed by atoms with Gasteiger partial charge >= 0.3 is 0 Å². The van der Waals surface area contributed by atoms with Gasteiger partial charge in [0, 0.05) is 61.1 Å². The summed E-state index contributed by atoms with van der Waals surface area (Å²) in [6.07, 6.45) is 6.63. The maximum atomic E-state index is 15.0. The molecule has 1 saturated heterocycles. The Morgan fingerprint density at radius 2 is 1.73 bits per heavy atom. The Labute approximate surface area is 190 Å². The topological polar surface area (TPSA) is 99.3 Å². The molecule has 3 N–H and O–H groups in total. The SMILES string of the molecule is OS1(O)CCN(Cc2c(F)cc(-n3ccc4cnc(Nc5ccncc5)nc43)cc2F)CC1. The maximum Gasteiger partial charge on any atom is 0.229 e. The van der Waals surface area contributed by atoms with Gasteiger partial charge in [-0.15, -0.1) is 0 Å². The maximum absolute atomic E-state index is 15.0. The van der Waals surface area contributed by atoms with E-state index in [1.807, 2.05) is 4.90 Å². The number of halogens is 2. The average Bonchev–Trinajstić information content (AvgIpc) is 3.21. The molecule has 0 amide bonds. The molecule has 1 aliphatic heterocycles. The second-order valence-corrected chi connectivity index (χ2v) is 10.3. The van der Waals surface area contributed by atoms with Crippen LogP contribution >= 0.6 is 10.6 Å². The summed E-state index contributed by atoms with van der Waals surface area (Å²) in [5, 5.41) is 3.81. The van der Waals surface area contributed by atoms with Crippen LogP contribution in [0.4, 0.5) is 20.4 Å². The minimum absolute atomic E-state index is 0.0386. The number of nitrogens with zero attached hydrogens (tertiary/aromatic N) is 5. The van der Waals surface area contributed by atoms with Crippen molar-refractivity contribution < 1.29 is 17.9 Å². The fourth-order valence-corrected chi connectivity index (χ4v) is 5.08. The molecule has 0 aliphatic carbocycles. The van der Waals surface area contributed by atoms with Crippen molar-refractivity contribution in [2.24, 2.45) is 0 Å². The molecule has 0 unspecified atom stereocenters. The van der Waals surface area contributed by atoms with Gasteiger partial charge in [-0.3, -0.25) is 19.0 Å². The Kier molecular flexibility index (Phi) is 5.71. The molecule has 172 valence electrons. The third kappa shape index (κ3) is 4.67. The number of rotatable bonds is 5. The number of nitrogens with one attached hydrogen (secondary N) is 1. The molecular weight excluding hydrogens is 450 g/mol. The minimum atomic E-state index is -2.56. The highest BCUT2D eigenvalue weighted by molar-refractivity contribution is 8.24. The van der Waals surface area contributed by atoms with Gasteiger partial charge in [-0.2, -0.15) is 15.6 Å². The van der Waals surface area contributed by atoms with E-state index in [9.17, 15) is 17.9 Å². The van der Waals surface area contributed by atoms with Gasteiger partial charge in [0.1, 0.15) is 17.3 Å². The van der Waals surface area contributed by atoms with Crippen LogP contribution in [0.15, 0.2) is 55.1 Å². The van der Waals surface area contributed by atoms with E-state index < -0.39 is 22.2 Å². The van der Waals surface area contributed by atoms with Gasteiger partial charge in [-0.25, -0.2) is 13.8 Å². The van der Waals surface area contributed by atoms with E-state index in [4.69, 9.17) is 0 Å². The summed E-state index contributed by atoms with van der Waals surface area (Å²) in [6, 6.07) is 7.91. The molecule has 0 atom stereocenters. The van der Waals surface area contributed by atoms with Gasteiger partial charge in [-0.1, -0.05) is 0 Å². The van der Waals surface area contributed by atoms with Crippen LogP contribution in [0.3, 0.4) is 0 Å². The lowest BCUT2D eigenvalue weighted by Crippen LogP contribution is -2.38. The number of anilines is 2. The van der Waals surface area contributed by atoms with Crippen molar-refractivity contribution in [1.82, 2.24) is 24.4 Å². The highest BCUT2D eigenvalue weighted by Gasteiger charge is 2.24. The Hall–Kier alpha value is -3.12. The number of aromatic nitrogens is 4.